The zero-order valence-corrected chi connectivity index (χ0v) is 13.3. The van der Waals surface area contributed by atoms with Crippen LogP contribution in [0.3, 0.4) is 0 Å². The summed E-state index contributed by atoms with van der Waals surface area (Å²) in [7, 11) is 0. The Morgan fingerprint density at radius 1 is 1.30 bits per heavy atom. The lowest BCUT2D eigenvalue weighted by Crippen LogP contribution is -2.10. The first kappa shape index (κ1) is 13.9. The number of fused-ring (bicyclic) bond motifs is 1. The second kappa shape index (κ2) is 5.76. The molecular weight excluding hydrogens is 311 g/mol. The molecule has 1 aromatic carbocycles. The van der Waals surface area contributed by atoms with E-state index in [0.717, 1.165) is 23.3 Å². The number of rotatable bonds is 4. The van der Waals surface area contributed by atoms with Crippen molar-refractivity contribution in [2.24, 2.45) is 0 Å². The van der Waals surface area contributed by atoms with E-state index in [9.17, 15) is 0 Å². The summed E-state index contributed by atoms with van der Waals surface area (Å²) in [5.41, 5.74) is 1.93. The van der Waals surface area contributed by atoms with Crippen LogP contribution in [-0.4, -0.2) is 15.4 Å². The van der Waals surface area contributed by atoms with E-state index in [0.29, 0.717) is 10.9 Å². The Morgan fingerprint density at radius 2 is 2.15 bits per heavy atom. The monoisotopic (exact) mass is 324 g/mol. The second-order valence-corrected chi connectivity index (χ2v) is 6.40. The fraction of sp³-hybridized carbons (Fsp3) is 0.267. The van der Waals surface area contributed by atoms with Gasteiger partial charge in [0, 0.05) is 17.2 Å². The molecule has 5 heteroatoms. The molecule has 0 N–H and O–H groups in total. The van der Waals surface area contributed by atoms with Crippen molar-refractivity contribution < 1.29 is 0 Å². The van der Waals surface area contributed by atoms with Gasteiger partial charge in [0.25, 0.3) is 0 Å². The molecule has 3 aromatic rings. The van der Waals surface area contributed by atoms with Crippen LogP contribution >= 0.6 is 34.5 Å². The topological polar surface area (TPSA) is 17.8 Å². The zero-order valence-electron chi connectivity index (χ0n) is 11.0. The molecule has 2 heterocycles. The maximum Gasteiger partial charge on any atom is 0.111 e. The van der Waals surface area contributed by atoms with Crippen molar-refractivity contribution in [2.45, 2.75) is 19.4 Å². The molecule has 0 radical (unpaired) electrons. The minimum Gasteiger partial charge on any atom is -0.320 e. The highest BCUT2D eigenvalue weighted by Crippen LogP contribution is 2.31. The summed E-state index contributed by atoms with van der Waals surface area (Å²) in [4.78, 5) is 5.99. The molecule has 20 heavy (non-hydrogen) atoms. The van der Waals surface area contributed by atoms with Gasteiger partial charge in [0.05, 0.1) is 16.6 Å². The summed E-state index contributed by atoms with van der Waals surface area (Å²) in [6.45, 7) is 2.19. The number of halogens is 2. The van der Waals surface area contributed by atoms with Crippen LogP contribution in [0.15, 0.2) is 35.7 Å². The van der Waals surface area contributed by atoms with Gasteiger partial charge in [0.15, 0.2) is 0 Å². The Bertz CT molecular complexity index is 719. The molecule has 0 saturated carbocycles. The molecule has 0 spiro atoms. The van der Waals surface area contributed by atoms with E-state index < -0.39 is 0 Å². The molecule has 0 bridgehead atoms. The Hall–Kier alpha value is -1.03. The van der Waals surface area contributed by atoms with Gasteiger partial charge in [-0.1, -0.05) is 23.7 Å². The van der Waals surface area contributed by atoms with Crippen LogP contribution in [0, 0.1) is 0 Å². The minimum absolute atomic E-state index is 0.233. The fourth-order valence-corrected chi connectivity index (χ4v) is 3.63. The average molecular weight is 325 g/mol. The SMILES string of the molecule is CC(c1cccs1)n1c(CCCl)nc2c(Cl)cccc21. The van der Waals surface area contributed by atoms with Crippen LogP contribution in [0.1, 0.15) is 23.7 Å². The van der Waals surface area contributed by atoms with Gasteiger partial charge in [0.1, 0.15) is 11.3 Å². The molecule has 3 rings (SSSR count). The van der Waals surface area contributed by atoms with Gasteiger partial charge in [-0.25, -0.2) is 4.98 Å². The molecule has 0 amide bonds. The van der Waals surface area contributed by atoms with Crippen LogP contribution in [0.4, 0.5) is 0 Å². The lowest BCUT2D eigenvalue weighted by Gasteiger charge is -2.16. The van der Waals surface area contributed by atoms with E-state index >= 15 is 0 Å². The van der Waals surface area contributed by atoms with Crippen molar-refractivity contribution in [1.29, 1.82) is 0 Å². The number of alkyl halides is 1. The molecule has 2 nitrogen and oxygen atoms in total. The first-order valence-electron chi connectivity index (χ1n) is 6.47. The highest BCUT2D eigenvalue weighted by Gasteiger charge is 2.18. The van der Waals surface area contributed by atoms with Crippen molar-refractivity contribution in [1.82, 2.24) is 9.55 Å². The van der Waals surface area contributed by atoms with Gasteiger partial charge in [0.2, 0.25) is 0 Å². The minimum atomic E-state index is 0.233. The van der Waals surface area contributed by atoms with Crippen molar-refractivity contribution in [3.63, 3.8) is 0 Å². The number of nitrogens with zero attached hydrogens (tertiary/aromatic N) is 2. The smallest absolute Gasteiger partial charge is 0.111 e. The van der Waals surface area contributed by atoms with E-state index in [1.54, 1.807) is 11.3 Å². The number of hydrogen-bond donors (Lipinski definition) is 0. The Balaban J connectivity index is 2.21. The number of para-hydroxylation sites is 1. The number of benzene rings is 1. The molecule has 104 valence electrons. The second-order valence-electron chi connectivity index (χ2n) is 4.64. The number of thiophene rings is 1. The molecule has 0 fully saturated rings. The largest absolute Gasteiger partial charge is 0.320 e. The number of aromatic nitrogens is 2. The summed E-state index contributed by atoms with van der Waals surface area (Å²) >= 11 is 13.9. The molecule has 0 aliphatic rings. The van der Waals surface area contributed by atoms with Crippen molar-refractivity contribution in [3.8, 4) is 0 Å². The summed E-state index contributed by atoms with van der Waals surface area (Å²) in [6, 6.07) is 10.4. The molecule has 2 aromatic heterocycles. The van der Waals surface area contributed by atoms with Gasteiger partial charge >= 0.3 is 0 Å². The summed E-state index contributed by atoms with van der Waals surface area (Å²) < 4.78 is 2.25. The average Bonchev–Trinajstić information content (AvgIpc) is 3.06. The van der Waals surface area contributed by atoms with Gasteiger partial charge in [-0.2, -0.15) is 0 Å². The molecule has 1 unspecified atom stereocenters. The van der Waals surface area contributed by atoms with Crippen molar-refractivity contribution in [3.05, 3.63) is 51.4 Å². The number of hydrogen-bond acceptors (Lipinski definition) is 2. The molecule has 0 aliphatic carbocycles. The number of aryl methyl sites for hydroxylation is 1. The molecule has 0 aliphatic heterocycles. The zero-order chi connectivity index (χ0) is 14.1. The van der Waals surface area contributed by atoms with Gasteiger partial charge < -0.3 is 4.57 Å². The number of imidazole rings is 1. The normalized spacial score (nSPS) is 12.9. The van der Waals surface area contributed by atoms with E-state index in [2.05, 4.69) is 40.1 Å². The van der Waals surface area contributed by atoms with Gasteiger partial charge in [-0.05, 0) is 30.5 Å². The van der Waals surface area contributed by atoms with E-state index in [1.807, 2.05) is 12.1 Å². The molecule has 1 atom stereocenters. The van der Waals surface area contributed by atoms with Crippen LogP contribution in [0.2, 0.25) is 5.02 Å². The summed E-state index contributed by atoms with van der Waals surface area (Å²) in [5, 5.41) is 2.79. The van der Waals surface area contributed by atoms with E-state index in [1.165, 1.54) is 4.88 Å². The van der Waals surface area contributed by atoms with E-state index in [4.69, 9.17) is 23.2 Å². The van der Waals surface area contributed by atoms with Gasteiger partial charge in [-0.15, -0.1) is 22.9 Å². The van der Waals surface area contributed by atoms with Crippen LogP contribution < -0.4 is 0 Å². The first-order valence-corrected chi connectivity index (χ1v) is 8.26. The lowest BCUT2D eigenvalue weighted by molar-refractivity contribution is 0.633. The first-order chi connectivity index (χ1) is 9.72. The predicted octanol–water partition coefficient (Wildman–Crippen LogP) is 5.14. The molecule has 0 saturated heterocycles. The maximum atomic E-state index is 6.27. The third kappa shape index (κ3) is 2.34. The van der Waals surface area contributed by atoms with Crippen molar-refractivity contribution >= 4 is 45.6 Å². The van der Waals surface area contributed by atoms with Crippen LogP contribution in [-0.2, 0) is 6.42 Å². The summed E-state index contributed by atoms with van der Waals surface area (Å²) in [5.74, 6) is 1.54. The quantitative estimate of drug-likeness (QED) is 0.607. The van der Waals surface area contributed by atoms with Crippen LogP contribution in [0.25, 0.3) is 11.0 Å². The Kier molecular flexibility index (Phi) is 4.01. The highest BCUT2D eigenvalue weighted by atomic mass is 35.5. The maximum absolute atomic E-state index is 6.27. The third-order valence-corrected chi connectivity index (χ3v) is 4.94. The third-order valence-electron chi connectivity index (χ3n) is 3.40. The fourth-order valence-electron chi connectivity index (χ4n) is 2.48. The van der Waals surface area contributed by atoms with Gasteiger partial charge in [-0.3, -0.25) is 0 Å². The Morgan fingerprint density at radius 3 is 2.85 bits per heavy atom. The van der Waals surface area contributed by atoms with E-state index in [-0.39, 0.29) is 6.04 Å². The van der Waals surface area contributed by atoms with Crippen molar-refractivity contribution in [2.75, 3.05) is 5.88 Å². The lowest BCUT2D eigenvalue weighted by atomic mass is 10.2. The standard InChI is InChI=1S/C15H14Cl2N2S/c1-10(13-6-3-9-20-13)19-12-5-2-4-11(17)15(12)18-14(19)7-8-16/h2-6,9-10H,7-8H2,1H3. The summed E-state index contributed by atoms with van der Waals surface area (Å²) in [6.07, 6.45) is 0.738. The predicted molar refractivity (Wildman–Crippen MR) is 87.3 cm³/mol. The highest BCUT2D eigenvalue weighted by molar-refractivity contribution is 7.10. The van der Waals surface area contributed by atoms with Crippen LogP contribution in [0.5, 0.6) is 0 Å². The molecular formula is C15H14Cl2N2S. The Labute approximate surface area is 132 Å².